The smallest absolute Gasteiger partial charge is 0.147 e. The molecule has 0 saturated carbocycles. The van der Waals surface area contributed by atoms with Gasteiger partial charge in [0.05, 0.1) is 11.9 Å². The van der Waals surface area contributed by atoms with Gasteiger partial charge in [0, 0.05) is 26.3 Å². The van der Waals surface area contributed by atoms with Gasteiger partial charge in [-0.15, -0.1) is 0 Å². The summed E-state index contributed by atoms with van der Waals surface area (Å²) in [5, 5.41) is 3.09. The van der Waals surface area contributed by atoms with E-state index >= 15 is 0 Å². The lowest BCUT2D eigenvalue weighted by Gasteiger charge is -2.18. The van der Waals surface area contributed by atoms with Crippen molar-refractivity contribution in [2.75, 3.05) is 19.0 Å². The van der Waals surface area contributed by atoms with Crippen molar-refractivity contribution in [1.29, 1.82) is 0 Å². The number of aromatic nitrogens is 2. The van der Waals surface area contributed by atoms with E-state index < -0.39 is 0 Å². The normalized spacial score (nSPS) is 10.5. The number of hydrogen-bond donors (Lipinski definition) is 1. The molecule has 0 fully saturated rings. The second-order valence-electron chi connectivity index (χ2n) is 4.74. The zero-order valence-electron chi connectivity index (χ0n) is 11.7. The molecule has 1 heterocycles. The molecule has 0 unspecified atom stereocenters. The lowest BCUT2D eigenvalue weighted by Crippen LogP contribution is -2.19. The average Bonchev–Trinajstić information content (AvgIpc) is 2.42. The molecule has 0 aliphatic heterocycles. The summed E-state index contributed by atoms with van der Waals surface area (Å²) >= 11 is 0. The van der Waals surface area contributed by atoms with Crippen molar-refractivity contribution in [3.63, 3.8) is 0 Å². The van der Waals surface area contributed by atoms with Gasteiger partial charge in [0.25, 0.3) is 0 Å². The van der Waals surface area contributed by atoms with E-state index in [4.69, 9.17) is 0 Å². The SMILES string of the molecule is CNCc1cncc(N(C)Cc2ccc(C)cc2)n1. The predicted molar refractivity (Wildman–Crippen MR) is 78.1 cm³/mol. The van der Waals surface area contributed by atoms with E-state index in [1.54, 1.807) is 12.4 Å². The van der Waals surface area contributed by atoms with Crippen LogP contribution >= 0.6 is 0 Å². The predicted octanol–water partition coefficient (Wildman–Crippen LogP) is 2.14. The Kier molecular flexibility index (Phi) is 4.47. The Morgan fingerprint density at radius 3 is 2.58 bits per heavy atom. The minimum absolute atomic E-state index is 0.735. The molecule has 1 aromatic heterocycles. The topological polar surface area (TPSA) is 41.1 Å². The number of anilines is 1. The Morgan fingerprint density at radius 2 is 1.89 bits per heavy atom. The molecule has 0 aliphatic rings. The summed E-state index contributed by atoms with van der Waals surface area (Å²) in [6, 6.07) is 8.56. The van der Waals surface area contributed by atoms with Gasteiger partial charge in [-0.2, -0.15) is 0 Å². The van der Waals surface area contributed by atoms with E-state index in [9.17, 15) is 0 Å². The number of nitrogens with one attached hydrogen (secondary N) is 1. The quantitative estimate of drug-likeness (QED) is 0.890. The maximum atomic E-state index is 4.58. The van der Waals surface area contributed by atoms with Crippen molar-refractivity contribution in [1.82, 2.24) is 15.3 Å². The monoisotopic (exact) mass is 256 g/mol. The van der Waals surface area contributed by atoms with E-state index in [0.717, 1.165) is 24.6 Å². The first kappa shape index (κ1) is 13.5. The maximum absolute atomic E-state index is 4.58. The second-order valence-corrected chi connectivity index (χ2v) is 4.74. The van der Waals surface area contributed by atoms with E-state index in [-0.39, 0.29) is 0 Å². The molecule has 1 N–H and O–H groups in total. The number of aryl methyl sites for hydroxylation is 1. The standard InChI is InChI=1S/C15H20N4/c1-12-4-6-13(7-5-12)11-19(3)15-10-17-9-14(18-15)8-16-2/h4-7,9-10,16H,8,11H2,1-3H3. The molecule has 0 aliphatic carbocycles. The summed E-state index contributed by atoms with van der Waals surface area (Å²) in [5.74, 6) is 0.897. The average molecular weight is 256 g/mol. The summed E-state index contributed by atoms with van der Waals surface area (Å²) in [6.07, 6.45) is 3.59. The molecule has 0 saturated heterocycles. The maximum Gasteiger partial charge on any atom is 0.147 e. The Labute approximate surface area is 114 Å². The van der Waals surface area contributed by atoms with E-state index in [1.165, 1.54) is 11.1 Å². The largest absolute Gasteiger partial charge is 0.354 e. The van der Waals surface area contributed by atoms with Gasteiger partial charge in [0.1, 0.15) is 5.82 Å². The van der Waals surface area contributed by atoms with Crippen LogP contribution in [0.3, 0.4) is 0 Å². The van der Waals surface area contributed by atoms with Gasteiger partial charge in [-0.05, 0) is 19.5 Å². The lowest BCUT2D eigenvalue weighted by atomic mass is 10.1. The van der Waals surface area contributed by atoms with Crippen molar-refractivity contribution in [2.45, 2.75) is 20.0 Å². The van der Waals surface area contributed by atoms with Gasteiger partial charge in [0.2, 0.25) is 0 Å². The second kappa shape index (κ2) is 6.29. The first-order chi connectivity index (χ1) is 9.19. The molecule has 0 amide bonds. The Hall–Kier alpha value is -1.94. The lowest BCUT2D eigenvalue weighted by molar-refractivity contribution is 0.775. The third-order valence-electron chi connectivity index (χ3n) is 2.96. The van der Waals surface area contributed by atoms with Gasteiger partial charge in [0.15, 0.2) is 0 Å². The first-order valence-corrected chi connectivity index (χ1v) is 6.41. The van der Waals surface area contributed by atoms with Gasteiger partial charge in [-0.25, -0.2) is 4.98 Å². The minimum Gasteiger partial charge on any atom is -0.354 e. The minimum atomic E-state index is 0.735. The molecule has 0 atom stereocenters. The van der Waals surface area contributed by atoms with Crippen molar-refractivity contribution in [2.24, 2.45) is 0 Å². The van der Waals surface area contributed by atoms with Crippen LogP contribution in [-0.2, 0) is 13.1 Å². The Morgan fingerprint density at radius 1 is 1.16 bits per heavy atom. The van der Waals surface area contributed by atoms with Gasteiger partial charge in [-0.3, -0.25) is 4.98 Å². The van der Waals surface area contributed by atoms with Crippen LogP contribution in [0.2, 0.25) is 0 Å². The van der Waals surface area contributed by atoms with Crippen LogP contribution in [0.15, 0.2) is 36.7 Å². The van der Waals surface area contributed by atoms with Crippen LogP contribution in [0.25, 0.3) is 0 Å². The summed E-state index contributed by atoms with van der Waals surface area (Å²) in [4.78, 5) is 10.9. The van der Waals surface area contributed by atoms with Crippen molar-refractivity contribution >= 4 is 5.82 Å². The highest BCUT2D eigenvalue weighted by Gasteiger charge is 2.05. The molecule has 4 heteroatoms. The van der Waals surface area contributed by atoms with Crippen molar-refractivity contribution < 1.29 is 0 Å². The molecular formula is C15H20N4. The summed E-state index contributed by atoms with van der Waals surface area (Å²) in [5.41, 5.74) is 3.51. The molecule has 0 spiro atoms. The number of benzene rings is 1. The van der Waals surface area contributed by atoms with Crippen LogP contribution in [0.5, 0.6) is 0 Å². The molecule has 0 radical (unpaired) electrons. The molecule has 19 heavy (non-hydrogen) atoms. The van der Waals surface area contributed by atoms with Crippen molar-refractivity contribution in [3.05, 3.63) is 53.5 Å². The summed E-state index contributed by atoms with van der Waals surface area (Å²) in [7, 11) is 3.94. The van der Waals surface area contributed by atoms with Crippen LogP contribution in [0.1, 0.15) is 16.8 Å². The van der Waals surface area contributed by atoms with Crippen LogP contribution < -0.4 is 10.2 Å². The Balaban J connectivity index is 2.08. The molecule has 2 aromatic rings. The molecule has 4 nitrogen and oxygen atoms in total. The number of rotatable bonds is 5. The Bertz CT molecular complexity index is 522. The van der Waals surface area contributed by atoms with Crippen molar-refractivity contribution in [3.8, 4) is 0 Å². The molecule has 2 rings (SSSR count). The third-order valence-corrected chi connectivity index (χ3v) is 2.96. The summed E-state index contributed by atoms with van der Waals surface area (Å²) < 4.78 is 0. The molecule has 1 aromatic carbocycles. The highest BCUT2D eigenvalue weighted by molar-refractivity contribution is 5.37. The zero-order valence-corrected chi connectivity index (χ0v) is 11.7. The fraction of sp³-hybridized carbons (Fsp3) is 0.333. The van der Waals surface area contributed by atoms with E-state index in [2.05, 4.69) is 51.4 Å². The van der Waals surface area contributed by atoms with Gasteiger partial charge < -0.3 is 10.2 Å². The zero-order chi connectivity index (χ0) is 13.7. The van der Waals surface area contributed by atoms with E-state index in [1.807, 2.05) is 14.1 Å². The van der Waals surface area contributed by atoms with Gasteiger partial charge in [-0.1, -0.05) is 29.8 Å². The molecular weight excluding hydrogens is 236 g/mol. The highest BCUT2D eigenvalue weighted by Crippen LogP contribution is 2.12. The number of nitrogens with zero attached hydrogens (tertiary/aromatic N) is 3. The fourth-order valence-corrected chi connectivity index (χ4v) is 1.89. The fourth-order valence-electron chi connectivity index (χ4n) is 1.89. The van der Waals surface area contributed by atoms with Gasteiger partial charge >= 0.3 is 0 Å². The first-order valence-electron chi connectivity index (χ1n) is 6.41. The summed E-state index contributed by atoms with van der Waals surface area (Å²) in [6.45, 7) is 3.66. The van der Waals surface area contributed by atoms with E-state index in [0.29, 0.717) is 0 Å². The van der Waals surface area contributed by atoms with Crippen LogP contribution in [0, 0.1) is 6.92 Å². The highest BCUT2D eigenvalue weighted by atomic mass is 15.2. The van der Waals surface area contributed by atoms with Crippen LogP contribution in [0.4, 0.5) is 5.82 Å². The number of hydrogen-bond acceptors (Lipinski definition) is 4. The molecule has 100 valence electrons. The third kappa shape index (κ3) is 3.76. The van der Waals surface area contributed by atoms with Crippen LogP contribution in [-0.4, -0.2) is 24.1 Å². The molecule has 0 bridgehead atoms.